The molecule has 1 saturated heterocycles. The van der Waals surface area contributed by atoms with Crippen molar-refractivity contribution in [2.24, 2.45) is 5.92 Å². The molecule has 0 saturated carbocycles. The third-order valence-corrected chi connectivity index (χ3v) is 7.10. The first kappa shape index (κ1) is 21.4. The maximum absolute atomic E-state index is 13.1. The van der Waals surface area contributed by atoms with Gasteiger partial charge in [-0.3, -0.25) is 9.59 Å². The Morgan fingerprint density at radius 1 is 1.15 bits per heavy atom. The van der Waals surface area contributed by atoms with E-state index in [4.69, 9.17) is 5.11 Å². The van der Waals surface area contributed by atoms with Crippen LogP contribution in [0, 0.1) is 26.7 Å². The number of carbonyl (C=O) groups excluding carboxylic acids is 1. The van der Waals surface area contributed by atoms with E-state index in [1.54, 1.807) is 0 Å². The third-order valence-electron chi connectivity index (χ3n) is 4.89. The molecule has 27 heavy (non-hydrogen) atoms. The Morgan fingerprint density at radius 3 is 2.22 bits per heavy atom. The number of carboxylic acid groups (broad SMARTS) is 1. The lowest BCUT2D eigenvalue weighted by Crippen LogP contribution is -2.43. The zero-order chi connectivity index (χ0) is 20.2. The summed E-state index contributed by atoms with van der Waals surface area (Å²) in [6.07, 6.45) is 1.34. The Kier molecular flexibility index (Phi) is 7.00. The molecule has 0 aliphatic carbocycles. The van der Waals surface area contributed by atoms with Crippen LogP contribution in [-0.4, -0.2) is 49.3 Å². The second-order valence-corrected chi connectivity index (χ2v) is 9.07. The number of benzene rings is 1. The number of amides is 1. The fourth-order valence-corrected chi connectivity index (χ4v) is 5.54. The maximum atomic E-state index is 13.1. The van der Waals surface area contributed by atoms with Gasteiger partial charge in [-0.05, 0) is 51.2 Å². The highest BCUT2D eigenvalue weighted by Crippen LogP contribution is 2.28. The summed E-state index contributed by atoms with van der Waals surface area (Å²) >= 11 is 0. The van der Waals surface area contributed by atoms with E-state index in [0.717, 1.165) is 16.7 Å². The second kappa shape index (κ2) is 8.84. The molecular weight excluding hydrogens is 368 g/mol. The number of sulfonamides is 1. The molecular formula is C19H28N2O5S. The van der Waals surface area contributed by atoms with Crippen molar-refractivity contribution in [2.45, 2.75) is 51.3 Å². The number of aryl methyl sites for hydroxylation is 3. The predicted octanol–water partition coefficient (Wildman–Crippen LogP) is 1.99. The van der Waals surface area contributed by atoms with Gasteiger partial charge in [-0.1, -0.05) is 17.7 Å². The van der Waals surface area contributed by atoms with Gasteiger partial charge in [0.05, 0.1) is 4.90 Å². The maximum Gasteiger partial charge on any atom is 0.303 e. The number of nitrogens with one attached hydrogen (secondary N) is 1. The molecule has 1 aliphatic rings. The fourth-order valence-electron chi connectivity index (χ4n) is 3.66. The molecule has 1 aromatic rings. The van der Waals surface area contributed by atoms with Crippen LogP contribution in [0.1, 0.15) is 42.4 Å². The average Bonchev–Trinajstić information content (AvgIpc) is 2.57. The molecule has 1 fully saturated rings. The molecule has 0 unspecified atom stereocenters. The van der Waals surface area contributed by atoms with Crippen LogP contribution in [0.2, 0.25) is 0 Å². The van der Waals surface area contributed by atoms with Gasteiger partial charge in [-0.25, -0.2) is 8.42 Å². The summed E-state index contributed by atoms with van der Waals surface area (Å²) in [5.74, 6) is -1.24. The average molecular weight is 397 g/mol. The quantitative estimate of drug-likeness (QED) is 0.686. The minimum Gasteiger partial charge on any atom is -0.481 e. The zero-order valence-electron chi connectivity index (χ0n) is 16.1. The van der Waals surface area contributed by atoms with E-state index in [0.29, 0.717) is 43.8 Å². The van der Waals surface area contributed by atoms with Crippen LogP contribution in [0.4, 0.5) is 0 Å². The van der Waals surface area contributed by atoms with E-state index in [-0.39, 0.29) is 18.2 Å². The molecule has 1 aromatic carbocycles. The number of carboxylic acids is 1. The van der Waals surface area contributed by atoms with Crippen LogP contribution < -0.4 is 5.32 Å². The molecule has 2 rings (SSSR count). The van der Waals surface area contributed by atoms with Crippen LogP contribution in [0.25, 0.3) is 0 Å². The first-order valence-corrected chi connectivity index (χ1v) is 10.6. The standard InChI is InChI=1S/C19H28N2O5S/c1-13-11-14(2)18(15(3)12-13)27(25,26)21-9-6-16(7-10-21)19(24)20-8-4-5-17(22)23/h11-12,16H,4-10H2,1-3H3,(H,20,24)(H,22,23). The molecule has 1 amide bonds. The number of piperidine rings is 1. The number of hydrogen-bond donors (Lipinski definition) is 2. The van der Waals surface area contributed by atoms with E-state index >= 15 is 0 Å². The number of rotatable bonds is 7. The summed E-state index contributed by atoms with van der Waals surface area (Å²) in [5.41, 5.74) is 2.51. The lowest BCUT2D eigenvalue weighted by atomic mass is 9.97. The highest BCUT2D eigenvalue weighted by molar-refractivity contribution is 7.89. The zero-order valence-corrected chi connectivity index (χ0v) is 16.9. The molecule has 0 bridgehead atoms. The van der Waals surface area contributed by atoms with Crippen molar-refractivity contribution in [3.8, 4) is 0 Å². The minimum atomic E-state index is -3.58. The molecule has 150 valence electrons. The molecule has 8 heteroatoms. The van der Waals surface area contributed by atoms with Crippen LogP contribution in [0.5, 0.6) is 0 Å². The fraction of sp³-hybridized carbons (Fsp3) is 0.579. The van der Waals surface area contributed by atoms with Crippen LogP contribution in [-0.2, 0) is 19.6 Å². The second-order valence-electron chi connectivity index (χ2n) is 7.19. The summed E-state index contributed by atoms with van der Waals surface area (Å²) in [7, 11) is -3.58. The van der Waals surface area contributed by atoms with Crippen molar-refractivity contribution in [1.82, 2.24) is 9.62 Å². The van der Waals surface area contributed by atoms with Crippen LogP contribution in [0.15, 0.2) is 17.0 Å². The van der Waals surface area contributed by atoms with Crippen molar-refractivity contribution in [2.75, 3.05) is 19.6 Å². The van der Waals surface area contributed by atoms with Crippen molar-refractivity contribution in [3.05, 3.63) is 28.8 Å². The van der Waals surface area contributed by atoms with Gasteiger partial charge in [0.25, 0.3) is 0 Å². The van der Waals surface area contributed by atoms with Crippen molar-refractivity contribution in [3.63, 3.8) is 0 Å². The highest BCUT2D eigenvalue weighted by atomic mass is 32.2. The Bertz CT molecular complexity index is 788. The minimum absolute atomic E-state index is 0.0201. The van der Waals surface area contributed by atoms with Gasteiger partial charge in [0.1, 0.15) is 0 Å². The van der Waals surface area contributed by atoms with Gasteiger partial charge < -0.3 is 10.4 Å². The number of carbonyl (C=O) groups is 2. The van der Waals surface area contributed by atoms with E-state index < -0.39 is 16.0 Å². The lowest BCUT2D eigenvalue weighted by molar-refractivity contribution is -0.137. The number of hydrogen-bond acceptors (Lipinski definition) is 4. The largest absolute Gasteiger partial charge is 0.481 e. The van der Waals surface area contributed by atoms with Gasteiger partial charge in [0, 0.05) is 32.0 Å². The summed E-state index contributed by atoms with van der Waals surface area (Å²) < 4.78 is 27.6. The van der Waals surface area contributed by atoms with Crippen molar-refractivity contribution in [1.29, 1.82) is 0 Å². The van der Waals surface area contributed by atoms with Gasteiger partial charge in [0.2, 0.25) is 15.9 Å². The van der Waals surface area contributed by atoms with Crippen LogP contribution in [0.3, 0.4) is 0 Å². The molecule has 7 nitrogen and oxygen atoms in total. The predicted molar refractivity (Wildman–Crippen MR) is 102 cm³/mol. The Morgan fingerprint density at radius 2 is 1.70 bits per heavy atom. The topological polar surface area (TPSA) is 104 Å². The molecule has 0 aromatic heterocycles. The van der Waals surface area contributed by atoms with Crippen molar-refractivity contribution >= 4 is 21.9 Å². The molecule has 2 N–H and O–H groups in total. The Balaban J connectivity index is 1.97. The van der Waals surface area contributed by atoms with E-state index in [2.05, 4.69) is 5.32 Å². The monoisotopic (exact) mass is 396 g/mol. The summed E-state index contributed by atoms with van der Waals surface area (Å²) in [6, 6.07) is 3.74. The normalized spacial score (nSPS) is 16.3. The Hall–Kier alpha value is -1.93. The van der Waals surface area contributed by atoms with Crippen LogP contribution >= 0.6 is 0 Å². The molecule has 0 spiro atoms. The van der Waals surface area contributed by atoms with Gasteiger partial charge in [-0.15, -0.1) is 0 Å². The molecule has 0 radical (unpaired) electrons. The van der Waals surface area contributed by atoms with Crippen molar-refractivity contribution < 1.29 is 23.1 Å². The number of aliphatic carboxylic acids is 1. The van der Waals surface area contributed by atoms with Gasteiger partial charge in [0.15, 0.2) is 0 Å². The highest BCUT2D eigenvalue weighted by Gasteiger charge is 2.33. The van der Waals surface area contributed by atoms with E-state index in [9.17, 15) is 18.0 Å². The third kappa shape index (κ3) is 5.29. The van der Waals surface area contributed by atoms with E-state index in [1.807, 2.05) is 32.9 Å². The smallest absolute Gasteiger partial charge is 0.303 e. The van der Waals surface area contributed by atoms with Gasteiger partial charge in [-0.2, -0.15) is 4.31 Å². The van der Waals surface area contributed by atoms with E-state index in [1.165, 1.54) is 4.31 Å². The summed E-state index contributed by atoms with van der Waals surface area (Å²) in [6.45, 7) is 6.50. The molecule has 0 atom stereocenters. The molecule has 1 heterocycles. The first-order chi connectivity index (χ1) is 12.6. The van der Waals surface area contributed by atoms with Gasteiger partial charge >= 0.3 is 5.97 Å². The summed E-state index contributed by atoms with van der Waals surface area (Å²) in [5, 5.41) is 11.4. The number of nitrogens with zero attached hydrogens (tertiary/aromatic N) is 1. The molecule has 1 aliphatic heterocycles. The summed E-state index contributed by atoms with van der Waals surface area (Å²) in [4.78, 5) is 23.0. The first-order valence-electron chi connectivity index (χ1n) is 9.20. The SMILES string of the molecule is Cc1cc(C)c(S(=O)(=O)N2CCC(C(=O)NCCCC(=O)O)CC2)c(C)c1. The Labute approximate surface area is 160 Å². The lowest BCUT2D eigenvalue weighted by Gasteiger charge is -2.31.